The van der Waals surface area contributed by atoms with Gasteiger partial charge in [-0.25, -0.2) is 0 Å². The highest BCUT2D eigenvalue weighted by Crippen LogP contribution is 2.59. The first kappa shape index (κ1) is 16.3. The zero-order valence-electron chi connectivity index (χ0n) is 14.7. The molecule has 2 nitrogen and oxygen atoms in total. The molecule has 1 aromatic rings. The molecule has 1 aromatic carbocycles. The summed E-state index contributed by atoms with van der Waals surface area (Å²) in [4.78, 5) is 11.9. The molecule has 0 spiro atoms. The van der Waals surface area contributed by atoms with Crippen LogP contribution in [-0.2, 0) is 11.2 Å². The second-order valence-electron chi connectivity index (χ2n) is 8.61. The fraction of sp³-hybridized carbons (Fsp3) is 0.571. The Bertz CT molecular complexity index is 637. The zero-order chi connectivity index (χ0) is 16.8. The predicted molar refractivity (Wildman–Crippen MR) is 93.2 cm³/mol. The summed E-state index contributed by atoms with van der Waals surface area (Å²) in [7, 11) is 0. The van der Waals surface area contributed by atoms with Crippen molar-refractivity contribution in [2.45, 2.75) is 53.4 Å². The van der Waals surface area contributed by atoms with Gasteiger partial charge in [0.1, 0.15) is 0 Å². The summed E-state index contributed by atoms with van der Waals surface area (Å²) < 4.78 is 0. The summed E-state index contributed by atoms with van der Waals surface area (Å²) in [6.45, 7) is 9.20. The fourth-order valence-corrected chi connectivity index (χ4v) is 4.73. The number of hydrogen-bond acceptors (Lipinski definition) is 1. The molecular formula is C21H28O2. The molecule has 23 heavy (non-hydrogen) atoms. The van der Waals surface area contributed by atoms with Crippen LogP contribution in [0.25, 0.3) is 0 Å². The van der Waals surface area contributed by atoms with Crippen LogP contribution in [0.15, 0.2) is 41.5 Å². The van der Waals surface area contributed by atoms with Crippen LogP contribution in [0.5, 0.6) is 0 Å². The molecular weight excluding hydrogens is 284 g/mol. The fourth-order valence-electron chi connectivity index (χ4n) is 4.73. The van der Waals surface area contributed by atoms with Crippen molar-refractivity contribution in [1.29, 1.82) is 0 Å². The van der Waals surface area contributed by atoms with Crippen molar-refractivity contribution < 1.29 is 9.90 Å². The van der Waals surface area contributed by atoms with Crippen molar-refractivity contribution in [3.63, 3.8) is 0 Å². The van der Waals surface area contributed by atoms with E-state index in [1.54, 1.807) is 0 Å². The van der Waals surface area contributed by atoms with Gasteiger partial charge in [-0.1, -0.05) is 69.2 Å². The molecule has 0 amide bonds. The molecule has 1 N–H and O–H groups in total. The highest BCUT2D eigenvalue weighted by molar-refractivity contribution is 5.73. The molecule has 0 saturated heterocycles. The molecule has 2 heteroatoms. The number of carboxylic acid groups (broad SMARTS) is 1. The quantitative estimate of drug-likeness (QED) is 0.789. The van der Waals surface area contributed by atoms with E-state index in [2.05, 4.69) is 39.8 Å². The summed E-state index contributed by atoms with van der Waals surface area (Å²) in [6, 6.07) is 10.4. The Morgan fingerprint density at radius 1 is 1.09 bits per heavy atom. The molecule has 0 heterocycles. The second-order valence-corrected chi connectivity index (χ2v) is 8.61. The van der Waals surface area contributed by atoms with Gasteiger partial charge in [0.05, 0.1) is 5.92 Å². The first-order valence-electron chi connectivity index (χ1n) is 8.73. The van der Waals surface area contributed by atoms with Crippen LogP contribution in [0.4, 0.5) is 0 Å². The summed E-state index contributed by atoms with van der Waals surface area (Å²) in [5.74, 6) is -0.761. The van der Waals surface area contributed by atoms with Gasteiger partial charge in [-0.3, -0.25) is 4.79 Å². The second kappa shape index (κ2) is 5.51. The third kappa shape index (κ3) is 2.84. The van der Waals surface area contributed by atoms with Crippen LogP contribution < -0.4 is 0 Å². The molecule has 0 aliphatic heterocycles. The number of carboxylic acids is 1. The molecule has 0 fully saturated rings. The van der Waals surface area contributed by atoms with Gasteiger partial charge in [0, 0.05) is 0 Å². The number of hydrogen-bond donors (Lipinski definition) is 1. The van der Waals surface area contributed by atoms with Crippen molar-refractivity contribution in [1.82, 2.24) is 0 Å². The van der Waals surface area contributed by atoms with Crippen LogP contribution in [-0.4, -0.2) is 11.1 Å². The van der Waals surface area contributed by atoms with Gasteiger partial charge in [0.15, 0.2) is 0 Å². The number of carbonyl (C=O) groups is 1. The van der Waals surface area contributed by atoms with Crippen LogP contribution in [0, 0.1) is 22.7 Å². The standard InChI is InChI=1S/C21H28O2/c1-20(2)10-11-21(3,4)18-15(12-14-8-6-5-7-9-14)16(19(22)23)13-17(18)20/h5-9,15-16H,10-13H2,1-4H3,(H,22,23). The van der Waals surface area contributed by atoms with Gasteiger partial charge < -0.3 is 5.11 Å². The van der Waals surface area contributed by atoms with E-state index in [-0.39, 0.29) is 22.7 Å². The summed E-state index contributed by atoms with van der Waals surface area (Å²) in [5.41, 5.74) is 4.39. The van der Waals surface area contributed by atoms with E-state index in [4.69, 9.17) is 0 Å². The lowest BCUT2D eigenvalue weighted by Gasteiger charge is -2.43. The Balaban J connectivity index is 2.05. The Kier molecular flexibility index (Phi) is 3.90. The van der Waals surface area contributed by atoms with Crippen molar-refractivity contribution in [3.8, 4) is 0 Å². The van der Waals surface area contributed by atoms with E-state index in [9.17, 15) is 9.90 Å². The third-order valence-corrected chi connectivity index (χ3v) is 6.14. The Morgan fingerprint density at radius 3 is 2.30 bits per heavy atom. The highest BCUT2D eigenvalue weighted by atomic mass is 16.4. The Labute approximate surface area is 139 Å². The maximum absolute atomic E-state index is 11.9. The lowest BCUT2D eigenvalue weighted by molar-refractivity contribution is -0.142. The van der Waals surface area contributed by atoms with Gasteiger partial charge >= 0.3 is 5.97 Å². The van der Waals surface area contributed by atoms with E-state index >= 15 is 0 Å². The topological polar surface area (TPSA) is 37.3 Å². The lowest BCUT2D eigenvalue weighted by Crippen LogP contribution is -2.32. The Hall–Kier alpha value is -1.57. The van der Waals surface area contributed by atoms with E-state index in [0.29, 0.717) is 0 Å². The number of aliphatic carboxylic acids is 1. The molecule has 2 atom stereocenters. The number of rotatable bonds is 3. The number of benzene rings is 1. The first-order chi connectivity index (χ1) is 10.7. The van der Waals surface area contributed by atoms with E-state index in [0.717, 1.165) is 25.7 Å². The minimum absolute atomic E-state index is 0.120. The van der Waals surface area contributed by atoms with E-state index in [1.807, 2.05) is 18.2 Å². The smallest absolute Gasteiger partial charge is 0.307 e. The molecule has 0 saturated carbocycles. The highest BCUT2D eigenvalue weighted by Gasteiger charge is 2.50. The molecule has 2 unspecified atom stereocenters. The SMILES string of the molecule is CC1(C)CCC(C)(C)C2=C1CC(C(=O)O)C2Cc1ccccc1. The molecule has 2 aliphatic carbocycles. The number of allylic oxidation sites excluding steroid dienone is 2. The van der Waals surface area contributed by atoms with Gasteiger partial charge in [-0.2, -0.15) is 0 Å². The van der Waals surface area contributed by atoms with E-state index < -0.39 is 5.97 Å². The van der Waals surface area contributed by atoms with Gasteiger partial charge in [0.2, 0.25) is 0 Å². The molecule has 0 bridgehead atoms. The normalized spacial score (nSPS) is 28.5. The van der Waals surface area contributed by atoms with Gasteiger partial charge in [0.25, 0.3) is 0 Å². The minimum Gasteiger partial charge on any atom is -0.481 e. The maximum Gasteiger partial charge on any atom is 0.307 e. The molecule has 124 valence electrons. The molecule has 2 aliphatic rings. The third-order valence-electron chi connectivity index (χ3n) is 6.14. The lowest BCUT2D eigenvalue weighted by atomic mass is 9.62. The van der Waals surface area contributed by atoms with Crippen LogP contribution in [0.1, 0.15) is 52.5 Å². The van der Waals surface area contributed by atoms with Crippen molar-refractivity contribution in [2.24, 2.45) is 22.7 Å². The largest absolute Gasteiger partial charge is 0.481 e. The first-order valence-corrected chi connectivity index (χ1v) is 8.73. The minimum atomic E-state index is -0.632. The van der Waals surface area contributed by atoms with Crippen LogP contribution in [0.3, 0.4) is 0 Å². The molecule has 0 aromatic heterocycles. The molecule has 0 radical (unpaired) electrons. The summed E-state index contributed by atoms with van der Waals surface area (Å²) in [6.07, 6.45) is 3.88. The van der Waals surface area contributed by atoms with Crippen LogP contribution in [0.2, 0.25) is 0 Å². The monoisotopic (exact) mass is 312 g/mol. The average Bonchev–Trinajstić information content (AvgIpc) is 2.87. The van der Waals surface area contributed by atoms with Crippen molar-refractivity contribution in [2.75, 3.05) is 0 Å². The van der Waals surface area contributed by atoms with Crippen molar-refractivity contribution >= 4 is 5.97 Å². The summed E-state index contributed by atoms with van der Waals surface area (Å²) in [5, 5.41) is 9.82. The van der Waals surface area contributed by atoms with Gasteiger partial charge in [-0.05, 0) is 48.0 Å². The van der Waals surface area contributed by atoms with E-state index in [1.165, 1.54) is 16.7 Å². The summed E-state index contributed by atoms with van der Waals surface area (Å²) >= 11 is 0. The van der Waals surface area contributed by atoms with Crippen LogP contribution >= 0.6 is 0 Å². The maximum atomic E-state index is 11.9. The zero-order valence-corrected chi connectivity index (χ0v) is 14.7. The Morgan fingerprint density at radius 2 is 1.70 bits per heavy atom. The van der Waals surface area contributed by atoms with Gasteiger partial charge in [-0.15, -0.1) is 0 Å². The average molecular weight is 312 g/mol. The molecule has 3 rings (SSSR count). The van der Waals surface area contributed by atoms with Crippen molar-refractivity contribution in [3.05, 3.63) is 47.0 Å². The predicted octanol–water partition coefficient (Wildman–Crippen LogP) is 5.09.